The van der Waals surface area contributed by atoms with E-state index in [1.807, 2.05) is 11.8 Å². The highest BCUT2D eigenvalue weighted by Gasteiger charge is 2.33. The van der Waals surface area contributed by atoms with Crippen LogP contribution in [0.1, 0.15) is 24.1 Å². The molecule has 1 amide bonds. The molecule has 0 saturated carbocycles. The van der Waals surface area contributed by atoms with Crippen LogP contribution in [0.2, 0.25) is 0 Å². The third-order valence-corrected chi connectivity index (χ3v) is 5.00. The van der Waals surface area contributed by atoms with E-state index in [1.54, 1.807) is 6.26 Å². The van der Waals surface area contributed by atoms with E-state index in [2.05, 4.69) is 10.5 Å². The van der Waals surface area contributed by atoms with Gasteiger partial charge in [-0.3, -0.25) is 4.79 Å². The van der Waals surface area contributed by atoms with Crippen LogP contribution in [-0.2, 0) is 20.8 Å². The zero-order chi connectivity index (χ0) is 16.8. The number of hydrogen-bond acceptors (Lipinski definition) is 6. The molecule has 0 radical (unpaired) electrons. The van der Waals surface area contributed by atoms with E-state index in [0.29, 0.717) is 45.3 Å². The minimum absolute atomic E-state index is 0.00725. The number of aryl methyl sites for hydroxylation is 1. The summed E-state index contributed by atoms with van der Waals surface area (Å²) in [6, 6.07) is 0. The van der Waals surface area contributed by atoms with Gasteiger partial charge in [0.1, 0.15) is 6.26 Å². The second kappa shape index (κ2) is 8.60. The van der Waals surface area contributed by atoms with Gasteiger partial charge in [-0.15, -0.1) is 0 Å². The molecular formula is C17H27N3O4. The van der Waals surface area contributed by atoms with Crippen LogP contribution in [0.4, 0.5) is 0 Å². The Hall–Kier alpha value is -1.44. The van der Waals surface area contributed by atoms with E-state index >= 15 is 0 Å². The average Bonchev–Trinajstić information content (AvgIpc) is 3.05. The zero-order valence-electron chi connectivity index (χ0n) is 14.3. The van der Waals surface area contributed by atoms with Crippen molar-refractivity contribution in [3.8, 4) is 0 Å². The maximum absolute atomic E-state index is 13.0. The van der Waals surface area contributed by atoms with Crippen molar-refractivity contribution in [2.24, 2.45) is 11.8 Å². The highest BCUT2D eigenvalue weighted by atomic mass is 16.5. The molecule has 2 aliphatic heterocycles. The molecular weight excluding hydrogens is 310 g/mol. The molecule has 0 aromatic carbocycles. The van der Waals surface area contributed by atoms with E-state index in [9.17, 15) is 4.79 Å². The Morgan fingerprint density at radius 1 is 1.29 bits per heavy atom. The first-order valence-electron chi connectivity index (χ1n) is 8.80. The first-order valence-corrected chi connectivity index (χ1v) is 8.80. The summed E-state index contributed by atoms with van der Waals surface area (Å²) < 4.78 is 15.8. The van der Waals surface area contributed by atoms with Gasteiger partial charge >= 0.3 is 0 Å². The maximum Gasteiger partial charge on any atom is 0.227 e. The number of hydrogen-bond donors (Lipinski definition) is 1. The summed E-state index contributed by atoms with van der Waals surface area (Å²) in [4.78, 5) is 15.0. The standard InChI is InChI=1S/C17H27N3O4/c1-13-15(12-24-19-13)10-18-11-16(14-2-6-22-7-3-14)17(21)20-4-8-23-9-5-20/h12,14,16,18H,2-11H2,1H3. The summed E-state index contributed by atoms with van der Waals surface area (Å²) >= 11 is 0. The topological polar surface area (TPSA) is 76.8 Å². The number of carbonyl (C=O) groups is 1. The third-order valence-electron chi connectivity index (χ3n) is 5.00. The van der Waals surface area contributed by atoms with E-state index in [4.69, 9.17) is 14.0 Å². The van der Waals surface area contributed by atoms with Crippen molar-refractivity contribution >= 4 is 5.91 Å². The Morgan fingerprint density at radius 2 is 2.00 bits per heavy atom. The average molecular weight is 337 g/mol. The fourth-order valence-corrected chi connectivity index (χ4v) is 3.44. The van der Waals surface area contributed by atoms with Crippen LogP contribution in [0, 0.1) is 18.8 Å². The molecule has 1 atom stereocenters. The third kappa shape index (κ3) is 4.34. The van der Waals surface area contributed by atoms with Crippen LogP contribution in [0.3, 0.4) is 0 Å². The molecule has 2 saturated heterocycles. The van der Waals surface area contributed by atoms with Crippen molar-refractivity contribution in [2.75, 3.05) is 46.1 Å². The van der Waals surface area contributed by atoms with Gasteiger partial charge < -0.3 is 24.2 Å². The van der Waals surface area contributed by atoms with Crippen LogP contribution in [-0.4, -0.2) is 62.0 Å². The summed E-state index contributed by atoms with van der Waals surface area (Å²) in [7, 11) is 0. The predicted octanol–water partition coefficient (Wildman–Crippen LogP) is 0.974. The molecule has 24 heavy (non-hydrogen) atoms. The molecule has 2 aliphatic rings. The van der Waals surface area contributed by atoms with Crippen molar-refractivity contribution in [3.63, 3.8) is 0 Å². The van der Waals surface area contributed by atoms with Gasteiger partial charge in [-0.25, -0.2) is 0 Å². The Morgan fingerprint density at radius 3 is 2.67 bits per heavy atom. The number of amides is 1. The normalized spacial score (nSPS) is 21.0. The van der Waals surface area contributed by atoms with E-state index < -0.39 is 0 Å². The number of morpholine rings is 1. The lowest BCUT2D eigenvalue weighted by molar-refractivity contribution is -0.142. The Kier molecular flexibility index (Phi) is 6.23. The molecule has 1 unspecified atom stereocenters. The highest BCUT2D eigenvalue weighted by molar-refractivity contribution is 5.79. The number of aromatic nitrogens is 1. The second-order valence-corrected chi connectivity index (χ2v) is 6.55. The van der Waals surface area contributed by atoms with E-state index in [0.717, 1.165) is 37.3 Å². The summed E-state index contributed by atoms with van der Waals surface area (Å²) in [5.41, 5.74) is 1.93. The van der Waals surface area contributed by atoms with Crippen LogP contribution < -0.4 is 5.32 Å². The predicted molar refractivity (Wildman–Crippen MR) is 87.4 cm³/mol. The minimum Gasteiger partial charge on any atom is -0.381 e. The highest BCUT2D eigenvalue weighted by Crippen LogP contribution is 2.26. The smallest absolute Gasteiger partial charge is 0.227 e. The number of carbonyl (C=O) groups excluding carboxylic acids is 1. The van der Waals surface area contributed by atoms with Crippen LogP contribution in [0.15, 0.2) is 10.8 Å². The minimum atomic E-state index is -0.00725. The van der Waals surface area contributed by atoms with Crippen LogP contribution in [0.25, 0.3) is 0 Å². The Balaban J connectivity index is 1.60. The lowest BCUT2D eigenvalue weighted by Gasteiger charge is -2.35. The van der Waals surface area contributed by atoms with Crippen LogP contribution >= 0.6 is 0 Å². The fourth-order valence-electron chi connectivity index (χ4n) is 3.44. The molecule has 3 rings (SSSR count). The zero-order valence-corrected chi connectivity index (χ0v) is 14.3. The van der Waals surface area contributed by atoms with Gasteiger partial charge in [0, 0.05) is 45.0 Å². The van der Waals surface area contributed by atoms with Crippen molar-refractivity contribution in [3.05, 3.63) is 17.5 Å². The summed E-state index contributed by atoms with van der Waals surface area (Å²) in [5, 5.41) is 7.32. The van der Waals surface area contributed by atoms with Crippen molar-refractivity contribution in [1.29, 1.82) is 0 Å². The number of ether oxygens (including phenoxy) is 2. The molecule has 0 spiro atoms. The molecule has 1 aromatic heterocycles. The number of nitrogens with one attached hydrogen (secondary N) is 1. The first-order chi connectivity index (χ1) is 11.8. The lowest BCUT2D eigenvalue weighted by Crippen LogP contribution is -2.48. The number of nitrogens with zero attached hydrogens (tertiary/aromatic N) is 2. The van der Waals surface area contributed by atoms with Gasteiger partial charge in [-0.05, 0) is 25.7 Å². The molecule has 7 nitrogen and oxygen atoms in total. The molecule has 0 bridgehead atoms. The monoisotopic (exact) mass is 337 g/mol. The van der Waals surface area contributed by atoms with Crippen molar-refractivity contribution in [1.82, 2.24) is 15.4 Å². The van der Waals surface area contributed by atoms with Crippen molar-refractivity contribution in [2.45, 2.75) is 26.3 Å². The van der Waals surface area contributed by atoms with Gasteiger partial charge in [-0.1, -0.05) is 5.16 Å². The van der Waals surface area contributed by atoms with Gasteiger partial charge in [0.05, 0.1) is 24.8 Å². The van der Waals surface area contributed by atoms with Gasteiger partial charge in [0.2, 0.25) is 5.91 Å². The molecule has 1 N–H and O–H groups in total. The van der Waals surface area contributed by atoms with Crippen LogP contribution in [0.5, 0.6) is 0 Å². The van der Waals surface area contributed by atoms with Gasteiger partial charge in [-0.2, -0.15) is 0 Å². The first kappa shape index (κ1) is 17.4. The largest absolute Gasteiger partial charge is 0.381 e. The quantitative estimate of drug-likeness (QED) is 0.834. The van der Waals surface area contributed by atoms with E-state index in [-0.39, 0.29) is 11.8 Å². The van der Waals surface area contributed by atoms with Gasteiger partial charge in [0.25, 0.3) is 0 Å². The molecule has 134 valence electrons. The second-order valence-electron chi connectivity index (χ2n) is 6.55. The Bertz CT molecular complexity index is 522. The SMILES string of the molecule is Cc1nocc1CNCC(C(=O)N1CCOCC1)C1CCOCC1. The summed E-state index contributed by atoms with van der Waals surface area (Å²) in [5.74, 6) is 0.622. The van der Waals surface area contributed by atoms with Crippen molar-refractivity contribution < 1.29 is 18.8 Å². The molecule has 1 aromatic rings. The van der Waals surface area contributed by atoms with E-state index in [1.165, 1.54) is 0 Å². The maximum atomic E-state index is 13.0. The number of rotatable bonds is 6. The van der Waals surface area contributed by atoms with Gasteiger partial charge in [0.15, 0.2) is 0 Å². The summed E-state index contributed by atoms with van der Waals surface area (Å²) in [6.45, 7) is 7.45. The Labute approximate surface area is 142 Å². The molecule has 7 heteroatoms. The molecule has 0 aliphatic carbocycles. The molecule has 3 heterocycles. The molecule has 2 fully saturated rings. The lowest BCUT2D eigenvalue weighted by atomic mass is 9.84. The fraction of sp³-hybridized carbons (Fsp3) is 0.765. The summed E-state index contributed by atoms with van der Waals surface area (Å²) in [6.07, 6.45) is 3.57.